The first kappa shape index (κ1) is 14.5. The van der Waals surface area contributed by atoms with E-state index in [0.717, 1.165) is 30.4 Å². The van der Waals surface area contributed by atoms with E-state index in [2.05, 4.69) is 10.3 Å². The van der Waals surface area contributed by atoms with Crippen molar-refractivity contribution in [1.29, 1.82) is 0 Å². The van der Waals surface area contributed by atoms with Gasteiger partial charge in [-0.05, 0) is 49.4 Å². The Balaban J connectivity index is 1.85. The normalized spacial score (nSPS) is 16.9. The summed E-state index contributed by atoms with van der Waals surface area (Å²) in [5.41, 5.74) is 2.36. The summed E-state index contributed by atoms with van der Waals surface area (Å²) in [5.74, 6) is -0.663. The van der Waals surface area contributed by atoms with Crippen molar-refractivity contribution in [3.8, 4) is 0 Å². The first-order chi connectivity index (χ1) is 10.5. The Bertz CT molecular complexity index is 782. The maximum absolute atomic E-state index is 13.3. The average molecular weight is 300 g/mol. The lowest BCUT2D eigenvalue weighted by atomic mass is 9.87. The Morgan fingerprint density at radius 3 is 2.95 bits per heavy atom. The average Bonchev–Trinajstić information content (AvgIpc) is 2.47. The molecule has 0 bridgehead atoms. The molecule has 1 atom stereocenters. The van der Waals surface area contributed by atoms with Gasteiger partial charge in [0.05, 0.1) is 6.04 Å². The number of hydrogen-bond donors (Lipinski definition) is 2. The summed E-state index contributed by atoms with van der Waals surface area (Å²) in [6.07, 6.45) is 3.91. The van der Waals surface area contributed by atoms with Crippen LogP contribution in [0.15, 0.2) is 35.3 Å². The van der Waals surface area contributed by atoms with Gasteiger partial charge >= 0.3 is 0 Å². The van der Waals surface area contributed by atoms with Crippen LogP contribution < -0.4 is 10.7 Å². The van der Waals surface area contributed by atoms with Gasteiger partial charge in [0, 0.05) is 18.0 Å². The van der Waals surface area contributed by atoms with Gasteiger partial charge in [-0.25, -0.2) is 4.39 Å². The molecule has 1 aromatic heterocycles. The van der Waals surface area contributed by atoms with Crippen molar-refractivity contribution >= 4 is 5.91 Å². The molecule has 4 nitrogen and oxygen atoms in total. The number of amides is 1. The van der Waals surface area contributed by atoms with E-state index in [0.29, 0.717) is 5.69 Å². The quantitative estimate of drug-likeness (QED) is 0.895. The molecule has 0 aliphatic heterocycles. The number of aromatic nitrogens is 1. The largest absolute Gasteiger partial charge is 0.364 e. The van der Waals surface area contributed by atoms with Gasteiger partial charge in [-0.1, -0.05) is 6.07 Å². The van der Waals surface area contributed by atoms with Crippen LogP contribution in [0.2, 0.25) is 0 Å². The van der Waals surface area contributed by atoms with E-state index in [4.69, 9.17) is 0 Å². The third-order valence-corrected chi connectivity index (χ3v) is 4.03. The molecule has 0 saturated heterocycles. The highest BCUT2D eigenvalue weighted by Crippen LogP contribution is 2.30. The number of fused-ring (bicyclic) bond motifs is 1. The highest BCUT2D eigenvalue weighted by Gasteiger charge is 2.23. The third-order valence-electron chi connectivity index (χ3n) is 4.03. The molecule has 5 heteroatoms. The Morgan fingerprint density at radius 1 is 1.36 bits per heavy atom. The van der Waals surface area contributed by atoms with Crippen molar-refractivity contribution in [3.05, 3.63) is 68.9 Å². The van der Waals surface area contributed by atoms with E-state index in [1.807, 2.05) is 0 Å². The van der Waals surface area contributed by atoms with E-state index in [1.165, 1.54) is 24.4 Å². The number of halogens is 1. The van der Waals surface area contributed by atoms with E-state index >= 15 is 0 Å². The highest BCUT2D eigenvalue weighted by atomic mass is 19.1. The Kier molecular flexibility index (Phi) is 3.79. The van der Waals surface area contributed by atoms with Crippen LogP contribution >= 0.6 is 0 Å². The van der Waals surface area contributed by atoms with Gasteiger partial charge in [0.15, 0.2) is 5.43 Å². The number of carbonyl (C=O) groups excluding carboxylic acids is 1. The zero-order valence-corrected chi connectivity index (χ0v) is 12.3. The molecule has 1 heterocycles. The first-order valence-electron chi connectivity index (χ1n) is 7.33. The van der Waals surface area contributed by atoms with E-state index in [-0.39, 0.29) is 22.9 Å². The number of benzene rings is 1. The van der Waals surface area contributed by atoms with Crippen LogP contribution in [-0.4, -0.2) is 10.9 Å². The summed E-state index contributed by atoms with van der Waals surface area (Å²) in [6.45, 7) is 1.76. The molecule has 1 aliphatic carbocycles. The molecule has 0 unspecified atom stereocenters. The number of carbonyl (C=O) groups is 1. The molecule has 1 aliphatic rings. The Morgan fingerprint density at radius 2 is 2.18 bits per heavy atom. The molecule has 0 spiro atoms. The minimum absolute atomic E-state index is 0.0971. The van der Waals surface area contributed by atoms with Gasteiger partial charge < -0.3 is 10.3 Å². The molecular weight excluding hydrogens is 283 g/mol. The zero-order valence-electron chi connectivity index (χ0n) is 12.3. The predicted molar refractivity (Wildman–Crippen MR) is 81.3 cm³/mol. The smallest absolute Gasteiger partial charge is 0.257 e. The number of H-pyrrole nitrogens is 1. The molecule has 0 radical (unpaired) electrons. The van der Waals surface area contributed by atoms with Crippen LogP contribution in [0.4, 0.5) is 4.39 Å². The number of nitrogens with one attached hydrogen (secondary N) is 2. The summed E-state index contributed by atoms with van der Waals surface area (Å²) < 4.78 is 13.3. The van der Waals surface area contributed by atoms with Crippen molar-refractivity contribution in [2.75, 3.05) is 0 Å². The summed E-state index contributed by atoms with van der Waals surface area (Å²) >= 11 is 0. The second kappa shape index (κ2) is 5.75. The van der Waals surface area contributed by atoms with Gasteiger partial charge in [0.25, 0.3) is 5.91 Å². The van der Waals surface area contributed by atoms with Crippen LogP contribution in [0.1, 0.15) is 46.1 Å². The fourth-order valence-corrected chi connectivity index (χ4v) is 2.92. The van der Waals surface area contributed by atoms with Crippen molar-refractivity contribution in [3.63, 3.8) is 0 Å². The number of aromatic amines is 1. The standard InChI is InChI=1S/C17H17FN2O2/c1-10-7-16(21)14(9-19-10)17(22)20-15-4-2-3-11-8-12(18)5-6-13(11)15/h5-9,15H,2-4H2,1H3,(H,19,21)(H,20,22)/t15-/m1/s1. The van der Waals surface area contributed by atoms with Crippen LogP contribution in [0, 0.1) is 12.7 Å². The fourth-order valence-electron chi connectivity index (χ4n) is 2.92. The van der Waals surface area contributed by atoms with Crippen LogP contribution in [0.5, 0.6) is 0 Å². The highest BCUT2D eigenvalue weighted by molar-refractivity contribution is 5.94. The summed E-state index contributed by atoms with van der Waals surface area (Å²) in [6, 6.07) is 5.86. The van der Waals surface area contributed by atoms with Gasteiger partial charge in [-0.2, -0.15) is 0 Å². The maximum atomic E-state index is 13.3. The van der Waals surface area contributed by atoms with Gasteiger partial charge in [-0.15, -0.1) is 0 Å². The minimum Gasteiger partial charge on any atom is -0.364 e. The summed E-state index contributed by atoms with van der Waals surface area (Å²) in [4.78, 5) is 27.1. The number of aryl methyl sites for hydroxylation is 2. The lowest BCUT2D eigenvalue weighted by Crippen LogP contribution is -2.34. The number of hydrogen-bond acceptors (Lipinski definition) is 2. The van der Waals surface area contributed by atoms with Crippen LogP contribution in [0.3, 0.4) is 0 Å². The molecule has 2 N–H and O–H groups in total. The lowest BCUT2D eigenvalue weighted by Gasteiger charge is -2.26. The SMILES string of the molecule is Cc1cc(=O)c(C(=O)N[C@@H]2CCCc3cc(F)ccc32)c[nH]1. The van der Waals surface area contributed by atoms with Crippen LogP contribution in [0.25, 0.3) is 0 Å². The lowest BCUT2D eigenvalue weighted by molar-refractivity contribution is 0.0931. The van der Waals surface area contributed by atoms with Crippen molar-refractivity contribution < 1.29 is 9.18 Å². The van der Waals surface area contributed by atoms with Crippen LogP contribution in [-0.2, 0) is 6.42 Å². The summed E-state index contributed by atoms with van der Waals surface area (Å²) in [5, 5.41) is 2.89. The van der Waals surface area contributed by atoms with Crippen molar-refractivity contribution in [2.45, 2.75) is 32.2 Å². The first-order valence-corrected chi connectivity index (χ1v) is 7.33. The zero-order chi connectivity index (χ0) is 15.7. The molecule has 1 aromatic carbocycles. The van der Waals surface area contributed by atoms with E-state index in [9.17, 15) is 14.0 Å². The molecule has 0 saturated carbocycles. The summed E-state index contributed by atoms with van der Waals surface area (Å²) in [7, 11) is 0. The molecule has 0 fully saturated rings. The van der Waals surface area contributed by atoms with E-state index in [1.54, 1.807) is 13.0 Å². The topological polar surface area (TPSA) is 62.0 Å². The molecular formula is C17H17FN2O2. The molecule has 3 rings (SSSR count). The Labute approximate surface area is 127 Å². The fraction of sp³-hybridized carbons (Fsp3) is 0.294. The van der Waals surface area contributed by atoms with Gasteiger partial charge in [0.1, 0.15) is 11.4 Å². The predicted octanol–water partition coefficient (Wildman–Crippen LogP) is 2.63. The van der Waals surface area contributed by atoms with Crippen molar-refractivity contribution in [1.82, 2.24) is 10.3 Å². The molecule has 2 aromatic rings. The second-order valence-corrected chi connectivity index (χ2v) is 5.66. The van der Waals surface area contributed by atoms with Gasteiger partial charge in [-0.3, -0.25) is 9.59 Å². The van der Waals surface area contributed by atoms with Gasteiger partial charge in [0.2, 0.25) is 0 Å². The number of rotatable bonds is 2. The molecule has 22 heavy (non-hydrogen) atoms. The molecule has 114 valence electrons. The van der Waals surface area contributed by atoms with E-state index < -0.39 is 5.91 Å². The van der Waals surface area contributed by atoms with Crippen molar-refractivity contribution in [2.24, 2.45) is 0 Å². The third kappa shape index (κ3) is 2.79. The molecule has 1 amide bonds. The second-order valence-electron chi connectivity index (χ2n) is 5.66. The minimum atomic E-state index is -0.400. The number of pyridine rings is 1. The Hall–Kier alpha value is -2.43. The monoisotopic (exact) mass is 300 g/mol. The maximum Gasteiger partial charge on any atom is 0.257 e.